The van der Waals surface area contributed by atoms with Gasteiger partial charge in [-0.05, 0) is 29.9 Å². The van der Waals surface area contributed by atoms with Crippen molar-refractivity contribution in [1.29, 1.82) is 0 Å². The molecule has 15 heavy (non-hydrogen) atoms. The number of anilines is 1. The van der Waals surface area contributed by atoms with Crippen molar-refractivity contribution in [2.45, 2.75) is 25.5 Å². The summed E-state index contributed by atoms with van der Waals surface area (Å²) in [6, 6.07) is 6.85. The van der Waals surface area contributed by atoms with Crippen LogP contribution in [0.5, 0.6) is 0 Å². The predicted molar refractivity (Wildman–Crippen MR) is 67.4 cm³/mol. The van der Waals surface area contributed by atoms with Gasteiger partial charge in [0.1, 0.15) is 0 Å². The van der Waals surface area contributed by atoms with Gasteiger partial charge in [-0.15, -0.1) is 11.8 Å². The van der Waals surface area contributed by atoms with Crippen molar-refractivity contribution in [3.05, 3.63) is 29.3 Å². The first-order valence-electron chi connectivity index (χ1n) is 5.78. The van der Waals surface area contributed by atoms with E-state index < -0.39 is 0 Å². The molecule has 2 heterocycles. The Morgan fingerprint density at radius 3 is 3.13 bits per heavy atom. The molecule has 0 fully saturated rings. The van der Waals surface area contributed by atoms with Crippen LogP contribution in [0.4, 0.5) is 5.69 Å². The van der Waals surface area contributed by atoms with Gasteiger partial charge in [-0.2, -0.15) is 0 Å². The second kappa shape index (κ2) is 3.75. The first kappa shape index (κ1) is 9.59. The number of hydrogen-bond acceptors (Lipinski definition) is 2. The monoisotopic (exact) mass is 219 g/mol. The van der Waals surface area contributed by atoms with E-state index in [2.05, 4.69) is 41.8 Å². The second-order valence-corrected chi connectivity index (χ2v) is 5.72. The van der Waals surface area contributed by atoms with E-state index in [-0.39, 0.29) is 0 Å². The van der Waals surface area contributed by atoms with Crippen molar-refractivity contribution in [3.63, 3.8) is 0 Å². The fourth-order valence-electron chi connectivity index (χ4n) is 2.71. The first-order chi connectivity index (χ1) is 7.34. The Kier molecular flexibility index (Phi) is 2.39. The molecule has 3 rings (SSSR count). The van der Waals surface area contributed by atoms with Crippen LogP contribution < -0.4 is 4.90 Å². The first-order valence-corrected chi connectivity index (χ1v) is 6.93. The molecule has 1 aromatic rings. The van der Waals surface area contributed by atoms with Gasteiger partial charge >= 0.3 is 0 Å². The van der Waals surface area contributed by atoms with E-state index in [4.69, 9.17) is 0 Å². The molecule has 0 spiro atoms. The fraction of sp³-hybridized carbons (Fsp3) is 0.538. The van der Waals surface area contributed by atoms with Gasteiger partial charge in [0.2, 0.25) is 0 Å². The molecule has 2 heteroatoms. The molecule has 1 atom stereocenters. The molecule has 0 bridgehead atoms. The number of rotatable bonds is 0. The molecule has 0 amide bonds. The molecule has 0 saturated heterocycles. The molecule has 0 aromatic heterocycles. The Bertz CT molecular complexity index is 375. The molecule has 2 aliphatic heterocycles. The van der Waals surface area contributed by atoms with Crippen LogP contribution in [0.3, 0.4) is 0 Å². The maximum atomic E-state index is 2.59. The number of thioether (sulfide) groups is 1. The molecular weight excluding hydrogens is 202 g/mol. The van der Waals surface area contributed by atoms with E-state index in [9.17, 15) is 0 Å². The van der Waals surface area contributed by atoms with Crippen molar-refractivity contribution < 1.29 is 0 Å². The van der Waals surface area contributed by atoms with E-state index in [0.29, 0.717) is 0 Å². The van der Waals surface area contributed by atoms with E-state index in [1.54, 1.807) is 16.8 Å². The smallest absolute Gasteiger partial charge is 0.0643 e. The van der Waals surface area contributed by atoms with Gasteiger partial charge in [0.05, 0.1) is 5.88 Å². The summed E-state index contributed by atoms with van der Waals surface area (Å²) in [4.78, 5) is 2.59. The summed E-state index contributed by atoms with van der Waals surface area (Å²) in [5.74, 6) is 3.23. The molecular formula is C13H17NS. The van der Waals surface area contributed by atoms with E-state index in [1.165, 1.54) is 31.0 Å². The Morgan fingerprint density at radius 1 is 1.33 bits per heavy atom. The summed E-state index contributed by atoms with van der Waals surface area (Å²) < 4.78 is 0. The number of hydrogen-bond donors (Lipinski definition) is 0. The normalized spacial score (nSPS) is 24.6. The highest BCUT2D eigenvalue weighted by molar-refractivity contribution is 7.98. The van der Waals surface area contributed by atoms with Gasteiger partial charge < -0.3 is 4.90 Å². The molecule has 1 unspecified atom stereocenters. The Labute approximate surface area is 95.9 Å². The number of nitrogens with zero attached hydrogens (tertiary/aromatic N) is 1. The van der Waals surface area contributed by atoms with E-state index >= 15 is 0 Å². The molecule has 1 nitrogen and oxygen atoms in total. The zero-order chi connectivity index (χ0) is 10.3. The van der Waals surface area contributed by atoms with Gasteiger partial charge in [0, 0.05) is 18.0 Å². The summed E-state index contributed by atoms with van der Waals surface area (Å²) in [6.45, 7) is 3.63. The molecule has 1 aromatic carbocycles. The topological polar surface area (TPSA) is 3.24 Å². The Balaban J connectivity index is 2.09. The van der Waals surface area contributed by atoms with Crippen LogP contribution in [0, 0.1) is 5.92 Å². The Hall–Kier alpha value is -0.630. The van der Waals surface area contributed by atoms with Gasteiger partial charge in [-0.1, -0.05) is 25.1 Å². The summed E-state index contributed by atoms with van der Waals surface area (Å²) in [5.41, 5.74) is 4.70. The Morgan fingerprint density at radius 2 is 2.20 bits per heavy atom. The average molecular weight is 219 g/mol. The lowest BCUT2D eigenvalue weighted by Crippen LogP contribution is -2.30. The largest absolute Gasteiger partial charge is 0.362 e. The van der Waals surface area contributed by atoms with Crippen molar-refractivity contribution in [2.24, 2.45) is 5.92 Å². The minimum Gasteiger partial charge on any atom is -0.362 e. The predicted octanol–water partition coefficient (Wildman–Crippen LogP) is 3.28. The fourth-order valence-corrected chi connectivity index (χ4v) is 3.71. The minimum atomic E-state index is 0.837. The van der Waals surface area contributed by atoms with Gasteiger partial charge in [-0.25, -0.2) is 0 Å². The highest BCUT2D eigenvalue weighted by Crippen LogP contribution is 2.38. The summed E-state index contributed by atoms with van der Waals surface area (Å²) in [7, 11) is 0. The minimum absolute atomic E-state index is 0.837. The zero-order valence-electron chi connectivity index (χ0n) is 9.20. The summed E-state index contributed by atoms with van der Waals surface area (Å²) in [5, 5.41) is 0. The number of para-hydroxylation sites is 1. The van der Waals surface area contributed by atoms with Crippen molar-refractivity contribution in [1.82, 2.24) is 0 Å². The molecule has 2 aliphatic rings. The molecule has 0 N–H and O–H groups in total. The van der Waals surface area contributed by atoms with Crippen molar-refractivity contribution in [2.75, 3.05) is 17.3 Å². The highest BCUT2D eigenvalue weighted by Gasteiger charge is 2.24. The van der Waals surface area contributed by atoms with E-state index in [0.717, 1.165) is 5.92 Å². The summed E-state index contributed by atoms with van der Waals surface area (Å²) >= 11 is 2.05. The van der Waals surface area contributed by atoms with Crippen LogP contribution in [-0.4, -0.2) is 12.4 Å². The number of benzene rings is 1. The van der Waals surface area contributed by atoms with Crippen LogP contribution in [0.25, 0.3) is 0 Å². The van der Waals surface area contributed by atoms with E-state index in [1.807, 2.05) is 0 Å². The molecule has 0 saturated carbocycles. The van der Waals surface area contributed by atoms with Gasteiger partial charge in [0.25, 0.3) is 0 Å². The van der Waals surface area contributed by atoms with Crippen LogP contribution in [0.1, 0.15) is 24.5 Å². The van der Waals surface area contributed by atoms with Crippen LogP contribution in [0.15, 0.2) is 18.2 Å². The lowest BCUT2D eigenvalue weighted by atomic mass is 10.0. The van der Waals surface area contributed by atoms with Crippen LogP contribution in [0.2, 0.25) is 0 Å². The molecule has 0 radical (unpaired) electrons. The van der Waals surface area contributed by atoms with Crippen LogP contribution >= 0.6 is 11.8 Å². The SMILES string of the molecule is CC1CCc2cccc3c2N(CSC3)C1. The quantitative estimate of drug-likeness (QED) is 0.659. The maximum absolute atomic E-state index is 2.59. The third-order valence-corrected chi connectivity index (χ3v) is 4.47. The third-order valence-electron chi connectivity index (χ3n) is 3.46. The lowest BCUT2D eigenvalue weighted by molar-refractivity contribution is 0.544. The highest BCUT2D eigenvalue weighted by atomic mass is 32.2. The average Bonchev–Trinajstić information content (AvgIpc) is 2.41. The maximum Gasteiger partial charge on any atom is 0.0643 e. The van der Waals surface area contributed by atoms with Gasteiger partial charge in [-0.3, -0.25) is 0 Å². The van der Waals surface area contributed by atoms with Crippen molar-refractivity contribution in [3.8, 4) is 0 Å². The molecule has 0 aliphatic carbocycles. The van der Waals surface area contributed by atoms with Crippen molar-refractivity contribution >= 4 is 17.4 Å². The zero-order valence-corrected chi connectivity index (χ0v) is 10.0. The van der Waals surface area contributed by atoms with Gasteiger partial charge in [0.15, 0.2) is 0 Å². The van der Waals surface area contributed by atoms with Crippen LogP contribution in [-0.2, 0) is 12.2 Å². The molecule has 80 valence electrons. The lowest BCUT2D eigenvalue weighted by Gasteiger charge is -2.32. The second-order valence-electron chi connectivity index (χ2n) is 4.77. The standard InChI is InChI=1S/C13H17NS/c1-10-5-6-11-3-2-4-12-8-15-9-14(7-10)13(11)12/h2-4,10H,5-9H2,1H3. The third kappa shape index (κ3) is 1.65. The number of aryl methyl sites for hydroxylation is 1. The summed E-state index contributed by atoms with van der Waals surface area (Å²) in [6.07, 6.45) is 2.61.